The van der Waals surface area contributed by atoms with Gasteiger partial charge in [0.15, 0.2) is 5.96 Å². The summed E-state index contributed by atoms with van der Waals surface area (Å²) >= 11 is 6.25. The molecule has 1 saturated heterocycles. The number of hydrogen-bond donors (Lipinski definition) is 2. The fourth-order valence-electron chi connectivity index (χ4n) is 4.07. The molecule has 1 aromatic heterocycles. The maximum absolute atomic E-state index is 6.25. The highest BCUT2D eigenvalue weighted by molar-refractivity contribution is 6.30. The molecule has 28 heavy (non-hydrogen) atoms. The molecule has 0 saturated carbocycles. The molecule has 0 bridgehead atoms. The molecule has 0 amide bonds. The number of piperidine rings is 1. The van der Waals surface area contributed by atoms with Crippen LogP contribution in [0.3, 0.4) is 0 Å². The Balaban J connectivity index is 1.55. The van der Waals surface area contributed by atoms with E-state index in [-0.39, 0.29) is 0 Å². The minimum Gasteiger partial charge on any atom is -0.356 e. The van der Waals surface area contributed by atoms with Gasteiger partial charge in [0.1, 0.15) is 0 Å². The number of likely N-dealkylation sites (tertiary alicyclic amines) is 1. The highest BCUT2D eigenvalue weighted by Crippen LogP contribution is 2.35. The molecule has 6 nitrogen and oxygen atoms in total. The number of hydrogen-bond acceptors (Lipinski definition) is 3. The lowest BCUT2D eigenvalue weighted by atomic mass is 9.85. The van der Waals surface area contributed by atoms with Crippen molar-refractivity contribution in [2.75, 3.05) is 33.7 Å². The number of aromatic nitrogens is 2. The molecule has 2 N–H and O–H groups in total. The Bertz CT molecular complexity index is 787. The first kappa shape index (κ1) is 20.7. The first-order chi connectivity index (χ1) is 13.6. The Morgan fingerprint density at radius 1 is 1.32 bits per heavy atom. The second-order valence-electron chi connectivity index (χ2n) is 7.53. The Labute approximate surface area is 173 Å². The lowest BCUT2D eigenvalue weighted by Gasteiger charge is -2.40. The van der Waals surface area contributed by atoms with Gasteiger partial charge in [-0.1, -0.05) is 23.7 Å². The second kappa shape index (κ2) is 9.94. The van der Waals surface area contributed by atoms with Crippen LogP contribution in [0, 0.1) is 5.92 Å². The summed E-state index contributed by atoms with van der Waals surface area (Å²) in [5, 5.41) is 11.9. The summed E-state index contributed by atoms with van der Waals surface area (Å²) in [5.74, 6) is 1.36. The Morgan fingerprint density at radius 3 is 2.89 bits per heavy atom. The van der Waals surface area contributed by atoms with E-state index >= 15 is 0 Å². The van der Waals surface area contributed by atoms with Crippen LogP contribution in [0.2, 0.25) is 5.02 Å². The van der Waals surface area contributed by atoms with Gasteiger partial charge in [-0.2, -0.15) is 5.10 Å². The Morgan fingerprint density at radius 2 is 2.18 bits per heavy atom. The first-order valence-corrected chi connectivity index (χ1v) is 10.3. The lowest BCUT2D eigenvalue weighted by Crippen LogP contribution is -2.45. The van der Waals surface area contributed by atoms with Crippen molar-refractivity contribution in [1.82, 2.24) is 25.3 Å². The zero-order chi connectivity index (χ0) is 19.9. The summed E-state index contributed by atoms with van der Waals surface area (Å²) in [6, 6.07) is 8.64. The van der Waals surface area contributed by atoms with Crippen LogP contribution in [0.4, 0.5) is 0 Å². The smallest absolute Gasteiger partial charge is 0.190 e. The van der Waals surface area contributed by atoms with E-state index in [1.165, 1.54) is 24.0 Å². The molecule has 1 aliphatic rings. The van der Waals surface area contributed by atoms with Crippen LogP contribution < -0.4 is 10.6 Å². The van der Waals surface area contributed by atoms with Crippen molar-refractivity contribution in [2.45, 2.75) is 25.3 Å². The van der Waals surface area contributed by atoms with Gasteiger partial charge in [-0.3, -0.25) is 14.6 Å². The monoisotopic (exact) mass is 402 g/mol. The zero-order valence-electron chi connectivity index (χ0n) is 17.0. The largest absolute Gasteiger partial charge is 0.356 e. The van der Waals surface area contributed by atoms with E-state index in [2.05, 4.69) is 44.8 Å². The summed E-state index contributed by atoms with van der Waals surface area (Å²) in [4.78, 5) is 6.82. The average molecular weight is 403 g/mol. The molecular formula is C21H31ClN6. The van der Waals surface area contributed by atoms with Gasteiger partial charge in [0.2, 0.25) is 0 Å². The van der Waals surface area contributed by atoms with Crippen molar-refractivity contribution in [3.05, 3.63) is 52.8 Å². The van der Waals surface area contributed by atoms with Crippen LogP contribution in [-0.2, 0) is 13.5 Å². The minimum atomic E-state index is 0.369. The van der Waals surface area contributed by atoms with Crippen LogP contribution in [-0.4, -0.2) is 54.4 Å². The number of halogens is 1. The fourth-order valence-corrected chi connectivity index (χ4v) is 4.26. The van der Waals surface area contributed by atoms with Crippen LogP contribution >= 0.6 is 11.6 Å². The number of aryl methyl sites for hydroxylation is 1. The van der Waals surface area contributed by atoms with E-state index in [1.54, 1.807) is 0 Å². The molecule has 152 valence electrons. The zero-order valence-corrected chi connectivity index (χ0v) is 17.8. The lowest BCUT2D eigenvalue weighted by molar-refractivity contribution is 0.122. The van der Waals surface area contributed by atoms with Crippen LogP contribution in [0.15, 0.2) is 41.7 Å². The van der Waals surface area contributed by atoms with Crippen LogP contribution in [0.5, 0.6) is 0 Å². The first-order valence-electron chi connectivity index (χ1n) is 9.94. The SMILES string of the molecule is CN=C(NCCc1cnn(C)c1)NCC1CCCN(C)C1c1cccc(Cl)c1. The van der Waals surface area contributed by atoms with E-state index in [0.717, 1.165) is 37.0 Å². The van der Waals surface area contributed by atoms with Gasteiger partial charge >= 0.3 is 0 Å². The number of aliphatic imine (C=N–C) groups is 1. The predicted octanol–water partition coefficient (Wildman–Crippen LogP) is 2.86. The normalized spacial score (nSPS) is 20.9. The van der Waals surface area contributed by atoms with Crippen molar-refractivity contribution < 1.29 is 0 Å². The molecule has 7 heteroatoms. The summed E-state index contributed by atoms with van der Waals surface area (Å²) in [6.45, 7) is 2.83. The number of benzene rings is 1. The minimum absolute atomic E-state index is 0.369. The third kappa shape index (κ3) is 5.49. The molecular weight excluding hydrogens is 372 g/mol. The van der Waals surface area contributed by atoms with Gasteiger partial charge in [0.05, 0.1) is 6.20 Å². The predicted molar refractivity (Wildman–Crippen MR) is 116 cm³/mol. The third-order valence-electron chi connectivity index (χ3n) is 5.42. The van der Waals surface area contributed by atoms with E-state index in [9.17, 15) is 0 Å². The highest BCUT2D eigenvalue weighted by atomic mass is 35.5. The molecule has 0 spiro atoms. The molecule has 1 fully saturated rings. The molecule has 2 unspecified atom stereocenters. The third-order valence-corrected chi connectivity index (χ3v) is 5.65. The Hall–Kier alpha value is -2.05. The van der Waals surface area contributed by atoms with Crippen molar-refractivity contribution in [3.8, 4) is 0 Å². The average Bonchev–Trinajstić information content (AvgIpc) is 3.09. The quantitative estimate of drug-likeness (QED) is 0.576. The summed E-state index contributed by atoms with van der Waals surface area (Å²) < 4.78 is 1.83. The number of nitrogens with one attached hydrogen (secondary N) is 2. The number of nitrogens with zero attached hydrogens (tertiary/aromatic N) is 4. The molecule has 2 heterocycles. The standard InChI is InChI=1S/C21H31ClN6/c1-23-21(24-10-9-16-13-26-28(3)15-16)25-14-18-7-5-11-27(2)20(18)17-6-4-8-19(22)12-17/h4,6,8,12-13,15,18,20H,5,7,9-11,14H2,1-3H3,(H2,23,24,25). The van der Waals surface area contributed by atoms with E-state index in [1.807, 2.05) is 43.3 Å². The van der Waals surface area contributed by atoms with Crippen molar-refractivity contribution >= 4 is 17.6 Å². The molecule has 2 aromatic rings. The van der Waals surface area contributed by atoms with Gasteiger partial charge in [0, 0.05) is 44.4 Å². The van der Waals surface area contributed by atoms with Gasteiger partial charge in [0.25, 0.3) is 0 Å². The van der Waals surface area contributed by atoms with Crippen molar-refractivity contribution in [2.24, 2.45) is 18.0 Å². The van der Waals surface area contributed by atoms with Gasteiger partial charge in [-0.15, -0.1) is 0 Å². The highest BCUT2D eigenvalue weighted by Gasteiger charge is 2.30. The van der Waals surface area contributed by atoms with Gasteiger partial charge in [-0.05, 0) is 62.0 Å². The Kier molecular flexibility index (Phi) is 7.34. The fraction of sp³-hybridized carbons (Fsp3) is 0.524. The molecule has 3 rings (SSSR count). The van der Waals surface area contributed by atoms with E-state index < -0.39 is 0 Å². The molecule has 1 aromatic carbocycles. The summed E-state index contributed by atoms with van der Waals surface area (Å²) in [6.07, 6.45) is 7.29. The molecule has 0 radical (unpaired) electrons. The number of rotatable bonds is 6. The van der Waals surface area contributed by atoms with Crippen molar-refractivity contribution in [3.63, 3.8) is 0 Å². The molecule has 2 atom stereocenters. The second-order valence-corrected chi connectivity index (χ2v) is 7.97. The topological polar surface area (TPSA) is 57.5 Å². The van der Waals surface area contributed by atoms with Gasteiger partial charge < -0.3 is 10.6 Å². The molecule has 1 aliphatic heterocycles. The molecule has 0 aliphatic carbocycles. The summed E-state index contributed by atoms with van der Waals surface area (Å²) in [7, 11) is 5.97. The van der Waals surface area contributed by atoms with E-state index in [4.69, 9.17) is 11.6 Å². The maximum Gasteiger partial charge on any atom is 0.190 e. The van der Waals surface area contributed by atoms with Crippen LogP contribution in [0.1, 0.15) is 30.0 Å². The summed E-state index contributed by atoms with van der Waals surface area (Å²) in [5.41, 5.74) is 2.52. The van der Waals surface area contributed by atoms with Crippen molar-refractivity contribution in [1.29, 1.82) is 0 Å². The van der Waals surface area contributed by atoms with Crippen LogP contribution in [0.25, 0.3) is 0 Å². The maximum atomic E-state index is 6.25. The van der Waals surface area contributed by atoms with E-state index in [0.29, 0.717) is 12.0 Å². The number of guanidine groups is 1. The van der Waals surface area contributed by atoms with Gasteiger partial charge in [-0.25, -0.2) is 0 Å².